The number of nitrogens with one attached hydrogen (secondary N) is 1. The molecular formula is C9H14Cl2N4O. The first-order valence-corrected chi connectivity index (χ1v) is 5.77. The smallest absolute Gasteiger partial charge is 0.228 e. The molecule has 0 aromatic carbocycles. The molecule has 5 nitrogen and oxygen atoms in total. The quantitative estimate of drug-likeness (QED) is 0.853. The Kier molecular flexibility index (Phi) is 4.70. The molecule has 1 rings (SSSR count). The molecule has 0 fully saturated rings. The van der Waals surface area contributed by atoms with E-state index < -0.39 is 5.54 Å². The Morgan fingerprint density at radius 3 is 2.00 bits per heavy atom. The Labute approximate surface area is 104 Å². The van der Waals surface area contributed by atoms with Gasteiger partial charge in [0, 0.05) is 0 Å². The van der Waals surface area contributed by atoms with Crippen LogP contribution in [-0.4, -0.2) is 32.2 Å². The van der Waals surface area contributed by atoms with Crippen LogP contribution in [0.4, 0.5) is 5.95 Å². The molecule has 1 aromatic rings. The first-order chi connectivity index (χ1) is 7.55. The molecule has 1 heterocycles. The summed E-state index contributed by atoms with van der Waals surface area (Å²) in [6, 6.07) is 0. The fraction of sp³-hybridized carbons (Fsp3) is 0.667. The molecule has 0 aliphatic heterocycles. The lowest BCUT2D eigenvalue weighted by Gasteiger charge is -2.30. The summed E-state index contributed by atoms with van der Waals surface area (Å²) in [5.74, 6) is 0.280. The molecule has 1 aromatic heterocycles. The van der Waals surface area contributed by atoms with E-state index in [1.807, 2.05) is 13.8 Å². The number of anilines is 1. The third-order valence-corrected chi connectivity index (χ3v) is 2.95. The molecule has 90 valence electrons. The van der Waals surface area contributed by atoms with Crippen LogP contribution < -0.4 is 5.32 Å². The maximum Gasteiger partial charge on any atom is 0.228 e. The van der Waals surface area contributed by atoms with Crippen LogP contribution in [0.2, 0.25) is 10.6 Å². The molecule has 0 spiro atoms. The molecule has 16 heavy (non-hydrogen) atoms. The van der Waals surface area contributed by atoms with Crippen LogP contribution in [0.1, 0.15) is 26.7 Å². The van der Waals surface area contributed by atoms with E-state index in [2.05, 4.69) is 20.3 Å². The van der Waals surface area contributed by atoms with Crippen molar-refractivity contribution in [1.82, 2.24) is 15.0 Å². The zero-order valence-corrected chi connectivity index (χ0v) is 10.7. The maximum absolute atomic E-state index is 9.38. The summed E-state index contributed by atoms with van der Waals surface area (Å²) in [6.07, 6.45) is 1.47. The summed E-state index contributed by atoms with van der Waals surface area (Å²) in [4.78, 5) is 11.4. The number of aliphatic hydroxyl groups excluding tert-OH is 1. The van der Waals surface area contributed by atoms with Crippen molar-refractivity contribution in [1.29, 1.82) is 0 Å². The molecule has 2 N–H and O–H groups in total. The van der Waals surface area contributed by atoms with Gasteiger partial charge in [-0.15, -0.1) is 0 Å². The van der Waals surface area contributed by atoms with Gasteiger partial charge in [0.2, 0.25) is 16.5 Å². The number of halogens is 2. The number of hydrogen-bond donors (Lipinski definition) is 2. The molecule has 0 saturated carbocycles. The maximum atomic E-state index is 9.38. The van der Waals surface area contributed by atoms with Gasteiger partial charge >= 0.3 is 0 Å². The Hall–Kier alpha value is -0.650. The highest BCUT2D eigenvalue weighted by atomic mass is 35.5. The zero-order chi connectivity index (χ0) is 12.2. The number of hydrogen-bond acceptors (Lipinski definition) is 5. The van der Waals surface area contributed by atoms with Crippen LogP contribution in [-0.2, 0) is 0 Å². The normalized spacial score (nSPS) is 11.6. The van der Waals surface area contributed by atoms with E-state index in [1.54, 1.807) is 0 Å². The second kappa shape index (κ2) is 5.61. The van der Waals surface area contributed by atoms with E-state index in [1.165, 1.54) is 0 Å². The van der Waals surface area contributed by atoms with Gasteiger partial charge in [-0.2, -0.15) is 15.0 Å². The second-order valence-corrected chi connectivity index (χ2v) is 4.14. The first kappa shape index (κ1) is 13.4. The van der Waals surface area contributed by atoms with Crippen molar-refractivity contribution >= 4 is 29.2 Å². The van der Waals surface area contributed by atoms with Crippen molar-refractivity contribution in [2.24, 2.45) is 0 Å². The Balaban J connectivity index is 2.93. The molecule has 0 unspecified atom stereocenters. The van der Waals surface area contributed by atoms with Gasteiger partial charge in [0.05, 0.1) is 12.1 Å². The lowest BCUT2D eigenvalue weighted by Crippen LogP contribution is -2.41. The molecule has 0 aliphatic carbocycles. The minimum atomic E-state index is -0.450. The number of rotatable bonds is 5. The van der Waals surface area contributed by atoms with E-state index in [9.17, 15) is 5.11 Å². The molecular weight excluding hydrogens is 251 g/mol. The summed E-state index contributed by atoms with van der Waals surface area (Å²) < 4.78 is 0. The molecule has 0 bridgehead atoms. The average molecular weight is 265 g/mol. The van der Waals surface area contributed by atoms with Gasteiger partial charge in [0.25, 0.3) is 0 Å². The topological polar surface area (TPSA) is 70.9 Å². The third-order valence-electron chi connectivity index (χ3n) is 2.61. The Bertz CT molecular complexity index is 329. The summed E-state index contributed by atoms with van der Waals surface area (Å²) in [6.45, 7) is 3.93. The monoisotopic (exact) mass is 264 g/mol. The molecule has 7 heteroatoms. The zero-order valence-electron chi connectivity index (χ0n) is 9.17. The van der Waals surface area contributed by atoms with Gasteiger partial charge in [0.1, 0.15) is 0 Å². The lowest BCUT2D eigenvalue weighted by atomic mass is 9.94. The van der Waals surface area contributed by atoms with Crippen LogP contribution in [0.5, 0.6) is 0 Å². The summed E-state index contributed by atoms with van der Waals surface area (Å²) in [5.41, 5.74) is -0.450. The van der Waals surface area contributed by atoms with Crippen molar-refractivity contribution in [3.8, 4) is 0 Å². The van der Waals surface area contributed by atoms with Crippen molar-refractivity contribution in [3.05, 3.63) is 10.6 Å². The molecule has 0 radical (unpaired) electrons. The molecule has 0 saturated heterocycles. The minimum Gasteiger partial charge on any atom is -0.394 e. The predicted octanol–water partition coefficient (Wildman–Crippen LogP) is 2.14. The molecule has 0 aliphatic rings. The van der Waals surface area contributed by atoms with Gasteiger partial charge in [-0.3, -0.25) is 0 Å². The van der Waals surface area contributed by atoms with Crippen molar-refractivity contribution in [3.63, 3.8) is 0 Å². The van der Waals surface area contributed by atoms with E-state index in [0.717, 1.165) is 12.8 Å². The van der Waals surface area contributed by atoms with Gasteiger partial charge in [-0.25, -0.2) is 0 Å². The number of nitrogens with zero attached hydrogens (tertiary/aromatic N) is 3. The SMILES string of the molecule is CCC(CC)(CO)Nc1nc(Cl)nc(Cl)n1. The van der Waals surface area contributed by atoms with Gasteiger partial charge < -0.3 is 10.4 Å². The van der Waals surface area contributed by atoms with E-state index in [0.29, 0.717) is 0 Å². The predicted molar refractivity (Wildman–Crippen MR) is 63.9 cm³/mol. The van der Waals surface area contributed by atoms with Crippen LogP contribution in [0.25, 0.3) is 0 Å². The number of aliphatic hydroxyl groups is 1. The van der Waals surface area contributed by atoms with Crippen LogP contribution >= 0.6 is 23.2 Å². The molecule has 0 atom stereocenters. The fourth-order valence-corrected chi connectivity index (χ4v) is 1.67. The first-order valence-electron chi connectivity index (χ1n) is 5.01. The highest BCUT2D eigenvalue weighted by molar-refractivity contribution is 6.31. The highest BCUT2D eigenvalue weighted by Crippen LogP contribution is 2.20. The van der Waals surface area contributed by atoms with E-state index in [-0.39, 0.29) is 23.1 Å². The highest BCUT2D eigenvalue weighted by Gasteiger charge is 2.26. The van der Waals surface area contributed by atoms with Crippen LogP contribution in [0.15, 0.2) is 0 Å². The van der Waals surface area contributed by atoms with Crippen molar-refractivity contribution in [2.75, 3.05) is 11.9 Å². The molecule has 0 amide bonds. The minimum absolute atomic E-state index is 0.0130. The Morgan fingerprint density at radius 1 is 1.12 bits per heavy atom. The fourth-order valence-electron chi connectivity index (χ4n) is 1.31. The van der Waals surface area contributed by atoms with E-state index in [4.69, 9.17) is 23.2 Å². The summed E-state index contributed by atoms with van der Waals surface area (Å²) >= 11 is 11.3. The lowest BCUT2D eigenvalue weighted by molar-refractivity contribution is 0.201. The van der Waals surface area contributed by atoms with Crippen LogP contribution in [0, 0.1) is 0 Å². The number of aromatic nitrogens is 3. The van der Waals surface area contributed by atoms with Crippen molar-refractivity contribution < 1.29 is 5.11 Å². The van der Waals surface area contributed by atoms with Gasteiger partial charge in [-0.1, -0.05) is 13.8 Å². The second-order valence-electron chi connectivity index (χ2n) is 3.47. The van der Waals surface area contributed by atoms with Crippen molar-refractivity contribution in [2.45, 2.75) is 32.2 Å². The average Bonchev–Trinajstić information content (AvgIpc) is 2.25. The van der Waals surface area contributed by atoms with Gasteiger partial charge in [-0.05, 0) is 36.0 Å². The third kappa shape index (κ3) is 3.17. The largest absolute Gasteiger partial charge is 0.394 e. The van der Waals surface area contributed by atoms with Crippen LogP contribution in [0.3, 0.4) is 0 Å². The summed E-state index contributed by atoms with van der Waals surface area (Å²) in [7, 11) is 0. The van der Waals surface area contributed by atoms with E-state index >= 15 is 0 Å². The summed E-state index contributed by atoms with van der Waals surface area (Å²) in [5, 5.41) is 12.5. The Morgan fingerprint density at radius 2 is 1.62 bits per heavy atom. The standard InChI is InChI=1S/C9H14Cl2N4O/c1-3-9(4-2,5-16)15-8-13-6(10)12-7(11)14-8/h16H,3-5H2,1-2H3,(H,12,13,14,15). The van der Waals surface area contributed by atoms with Gasteiger partial charge in [0.15, 0.2) is 0 Å².